The van der Waals surface area contributed by atoms with Gasteiger partial charge in [0.2, 0.25) is 0 Å². The Kier molecular flexibility index (Phi) is 7.40. The molecule has 182 valence electrons. The molecule has 0 saturated heterocycles. The molecule has 4 rings (SSSR count). The smallest absolute Gasteiger partial charge is 0.404 e. The molecule has 4 aromatic rings. The first-order valence-electron chi connectivity index (χ1n) is 11.3. The number of hydrogen-bond donors (Lipinski definition) is 5. The average Bonchev–Trinajstić information content (AvgIpc) is 2.88. The lowest BCUT2D eigenvalue weighted by Gasteiger charge is -2.14. The second-order valence-electron chi connectivity index (χ2n) is 8.05. The molecule has 0 bridgehead atoms. The molecule has 1 aromatic heterocycles. The van der Waals surface area contributed by atoms with Gasteiger partial charge in [-0.25, -0.2) is 4.79 Å². The standard InChI is InChI=1S/C27H25N5O4/c28-25(33)22-16-31-23-15-19(11-12-21(23)24(22)32-20-5-2-1-3-6-20)17-7-9-18(10-8-17)26(34)29-13-4-14-30-27(35)36/h1-3,5-12,15-16,30H,4,13-14H2,(H2,28,33)(H,29,34)(H,31,32)(H,35,36). The van der Waals surface area contributed by atoms with Crippen LogP contribution in [0.15, 0.2) is 79.0 Å². The summed E-state index contributed by atoms with van der Waals surface area (Å²) in [5.41, 5.74) is 10.3. The number of carbonyl (C=O) groups excluding carboxylic acids is 2. The Hall–Kier alpha value is -4.92. The van der Waals surface area contributed by atoms with Crippen molar-refractivity contribution < 1.29 is 19.5 Å². The van der Waals surface area contributed by atoms with Crippen molar-refractivity contribution in [1.82, 2.24) is 15.6 Å². The quantitative estimate of drug-likeness (QED) is 0.226. The van der Waals surface area contributed by atoms with Crippen LogP contribution in [0.1, 0.15) is 27.1 Å². The van der Waals surface area contributed by atoms with Crippen LogP contribution in [-0.4, -0.2) is 41.1 Å². The molecule has 0 atom stereocenters. The Balaban J connectivity index is 1.53. The number of pyridine rings is 1. The minimum atomic E-state index is -1.09. The predicted octanol–water partition coefficient (Wildman–Crippen LogP) is 4.13. The molecular weight excluding hydrogens is 458 g/mol. The van der Waals surface area contributed by atoms with Crippen molar-refractivity contribution in [3.05, 3.63) is 90.1 Å². The highest BCUT2D eigenvalue weighted by Crippen LogP contribution is 2.32. The molecule has 9 nitrogen and oxygen atoms in total. The average molecular weight is 484 g/mol. The zero-order valence-electron chi connectivity index (χ0n) is 19.3. The summed E-state index contributed by atoms with van der Waals surface area (Å²) in [5.74, 6) is -0.799. The molecule has 0 radical (unpaired) electrons. The van der Waals surface area contributed by atoms with E-state index in [1.54, 1.807) is 12.1 Å². The van der Waals surface area contributed by atoms with Crippen LogP contribution >= 0.6 is 0 Å². The summed E-state index contributed by atoms with van der Waals surface area (Å²) < 4.78 is 0. The van der Waals surface area contributed by atoms with E-state index in [-0.39, 0.29) is 12.5 Å². The maximum Gasteiger partial charge on any atom is 0.404 e. The molecule has 0 aliphatic heterocycles. The summed E-state index contributed by atoms with van der Waals surface area (Å²) in [6, 6.07) is 22.4. The summed E-state index contributed by atoms with van der Waals surface area (Å²) >= 11 is 0. The van der Waals surface area contributed by atoms with Crippen molar-refractivity contribution in [2.45, 2.75) is 6.42 Å². The SMILES string of the molecule is NC(=O)c1cnc2cc(-c3ccc(C(=O)NCCCNC(=O)O)cc3)ccc2c1Nc1ccccc1. The van der Waals surface area contributed by atoms with Crippen molar-refractivity contribution in [3.8, 4) is 11.1 Å². The Labute approximate surface area is 207 Å². The third-order valence-electron chi connectivity index (χ3n) is 5.57. The predicted molar refractivity (Wildman–Crippen MR) is 138 cm³/mol. The highest BCUT2D eigenvalue weighted by atomic mass is 16.4. The third kappa shape index (κ3) is 5.76. The van der Waals surface area contributed by atoms with E-state index in [1.807, 2.05) is 60.7 Å². The molecule has 0 unspecified atom stereocenters. The highest BCUT2D eigenvalue weighted by Gasteiger charge is 2.14. The lowest BCUT2D eigenvalue weighted by atomic mass is 10.0. The number of amides is 3. The third-order valence-corrected chi connectivity index (χ3v) is 5.57. The van der Waals surface area contributed by atoms with Gasteiger partial charge in [0.1, 0.15) is 0 Å². The van der Waals surface area contributed by atoms with Crippen LogP contribution in [0, 0.1) is 0 Å². The molecule has 0 fully saturated rings. The Morgan fingerprint density at radius 3 is 2.25 bits per heavy atom. The van der Waals surface area contributed by atoms with E-state index in [0.29, 0.717) is 35.3 Å². The highest BCUT2D eigenvalue weighted by molar-refractivity contribution is 6.08. The van der Waals surface area contributed by atoms with E-state index in [1.165, 1.54) is 6.20 Å². The largest absolute Gasteiger partial charge is 0.465 e. The van der Waals surface area contributed by atoms with Crippen molar-refractivity contribution in [2.24, 2.45) is 5.73 Å². The van der Waals surface area contributed by atoms with Crippen LogP contribution in [0.3, 0.4) is 0 Å². The van der Waals surface area contributed by atoms with Gasteiger partial charge in [-0.1, -0.05) is 42.5 Å². The lowest BCUT2D eigenvalue weighted by molar-refractivity contribution is 0.0952. The number of aromatic nitrogens is 1. The van der Waals surface area contributed by atoms with Crippen molar-refractivity contribution in [2.75, 3.05) is 18.4 Å². The molecule has 0 spiro atoms. The van der Waals surface area contributed by atoms with Crippen molar-refractivity contribution in [3.63, 3.8) is 0 Å². The number of hydrogen-bond acceptors (Lipinski definition) is 5. The van der Waals surface area contributed by atoms with Crippen LogP contribution in [0.5, 0.6) is 0 Å². The van der Waals surface area contributed by atoms with Crippen LogP contribution in [-0.2, 0) is 0 Å². The molecule has 3 aromatic carbocycles. The molecule has 0 saturated carbocycles. The van der Waals surface area contributed by atoms with Crippen molar-refractivity contribution in [1.29, 1.82) is 0 Å². The maximum atomic E-state index is 12.3. The fourth-order valence-electron chi connectivity index (χ4n) is 3.76. The summed E-state index contributed by atoms with van der Waals surface area (Å²) in [4.78, 5) is 39.3. The molecule has 3 amide bonds. The Morgan fingerprint density at radius 2 is 1.56 bits per heavy atom. The fraction of sp³-hybridized carbons (Fsp3) is 0.111. The van der Waals surface area contributed by atoms with Gasteiger partial charge in [0, 0.05) is 35.9 Å². The number of nitrogens with zero attached hydrogens (tertiary/aromatic N) is 1. The molecule has 0 aliphatic rings. The molecule has 6 N–H and O–H groups in total. The number of carboxylic acid groups (broad SMARTS) is 1. The number of para-hydroxylation sites is 1. The van der Waals surface area contributed by atoms with E-state index >= 15 is 0 Å². The van der Waals surface area contributed by atoms with Crippen LogP contribution in [0.4, 0.5) is 16.2 Å². The first-order chi connectivity index (χ1) is 17.4. The first kappa shape index (κ1) is 24.2. The van der Waals surface area contributed by atoms with Crippen molar-refractivity contribution >= 4 is 40.2 Å². The molecule has 1 heterocycles. The monoisotopic (exact) mass is 483 g/mol. The van der Waals surface area contributed by atoms with E-state index in [2.05, 4.69) is 20.9 Å². The first-order valence-corrected chi connectivity index (χ1v) is 11.3. The second-order valence-corrected chi connectivity index (χ2v) is 8.05. The summed E-state index contributed by atoms with van der Waals surface area (Å²) in [7, 11) is 0. The number of nitrogens with one attached hydrogen (secondary N) is 3. The minimum absolute atomic E-state index is 0.229. The summed E-state index contributed by atoms with van der Waals surface area (Å²) in [6.07, 6.45) is 0.885. The van der Waals surface area contributed by atoms with Gasteiger partial charge in [-0.05, 0) is 47.9 Å². The number of fused-ring (bicyclic) bond motifs is 1. The van der Waals surface area contributed by atoms with Gasteiger partial charge in [0.25, 0.3) is 11.8 Å². The number of anilines is 2. The summed E-state index contributed by atoms with van der Waals surface area (Å²) in [5, 5.41) is 17.6. The maximum absolute atomic E-state index is 12.3. The fourth-order valence-corrected chi connectivity index (χ4v) is 3.76. The van der Waals surface area contributed by atoms with Crippen LogP contribution < -0.4 is 21.7 Å². The van der Waals surface area contributed by atoms with Gasteiger partial charge in [-0.15, -0.1) is 0 Å². The van der Waals surface area contributed by atoms with Gasteiger partial charge in [0.15, 0.2) is 0 Å². The number of benzene rings is 3. The van der Waals surface area contributed by atoms with E-state index in [0.717, 1.165) is 22.2 Å². The minimum Gasteiger partial charge on any atom is -0.465 e. The number of nitrogens with two attached hydrogens (primary N) is 1. The topological polar surface area (TPSA) is 146 Å². The van der Waals surface area contributed by atoms with Gasteiger partial charge in [-0.3, -0.25) is 14.6 Å². The normalized spacial score (nSPS) is 10.6. The van der Waals surface area contributed by atoms with E-state index in [9.17, 15) is 14.4 Å². The van der Waals surface area contributed by atoms with Crippen LogP contribution in [0.2, 0.25) is 0 Å². The Morgan fingerprint density at radius 1 is 0.861 bits per heavy atom. The van der Waals surface area contributed by atoms with E-state index < -0.39 is 12.0 Å². The zero-order valence-corrected chi connectivity index (χ0v) is 19.3. The van der Waals surface area contributed by atoms with Gasteiger partial charge in [-0.2, -0.15) is 0 Å². The summed E-state index contributed by atoms with van der Waals surface area (Å²) in [6.45, 7) is 0.637. The van der Waals surface area contributed by atoms with E-state index in [4.69, 9.17) is 10.8 Å². The molecule has 0 aliphatic carbocycles. The Bertz CT molecular complexity index is 1410. The number of rotatable bonds is 9. The zero-order chi connectivity index (χ0) is 25.5. The van der Waals surface area contributed by atoms with Gasteiger partial charge >= 0.3 is 6.09 Å². The lowest BCUT2D eigenvalue weighted by Crippen LogP contribution is -2.29. The molecular formula is C27H25N5O4. The molecule has 36 heavy (non-hydrogen) atoms. The molecule has 9 heteroatoms. The number of primary amides is 1. The van der Waals surface area contributed by atoms with Gasteiger partial charge < -0.3 is 26.8 Å². The second kappa shape index (κ2) is 11.0. The van der Waals surface area contributed by atoms with Crippen LogP contribution in [0.25, 0.3) is 22.0 Å². The van der Waals surface area contributed by atoms with Gasteiger partial charge in [0.05, 0.1) is 16.8 Å². The number of carbonyl (C=O) groups is 3.